The molecule has 3 heteroatoms. The van der Waals surface area contributed by atoms with E-state index in [0.29, 0.717) is 12.6 Å². The van der Waals surface area contributed by atoms with Crippen LogP contribution in [0.4, 0.5) is 0 Å². The molecule has 2 bridgehead atoms. The number of hydrogen-bond acceptors (Lipinski definition) is 3. The molecule has 0 radical (unpaired) electrons. The predicted molar refractivity (Wildman–Crippen MR) is 76.9 cm³/mol. The summed E-state index contributed by atoms with van der Waals surface area (Å²) in [4.78, 5) is 2.60. The maximum Gasteiger partial charge on any atom is 0.0713 e. The Balaban J connectivity index is 1.55. The summed E-state index contributed by atoms with van der Waals surface area (Å²) < 4.78 is 5.19. The van der Waals surface area contributed by atoms with Crippen LogP contribution in [0.3, 0.4) is 0 Å². The molecular weight excluding hydrogens is 236 g/mol. The van der Waals surface area contributed by atoms with E-state index in [1.54, 1.807) is 7.11 Å². The van der Waals surface area contributed by atoms with Crippen LogP contribution in [-0.2, 0) is 17.9 Å². The molecule has 1 atom stereocenters. The van der Waals surface area contributed by atoms with Crippen molar-refractivity contribution < 1.29 is 4.74 Å². The summed E-state index contributed by atoms with van der Waals surface area (Å²) in [6, 6.07) is 9.39. The fourth-order valence-corrected chi connectivity index (χ4v) is 3.44. The van der Waals surface area contributed by atoms with Gasteiger partial charge in [0.25, 0.3) is 0 Å². The van der Waals surface area contributed by atoms with E-state index in [1.807, 2.05) is 0 Å². The molecule has 1 unspecified atom stereocenters. The van der Waals surface area contributed by atoms with Crippen LogP contribution in [0.1, 0.15) is 24.0 Å². The van der Waals surface area contributed by atoms with Crippen molar-refractivity contribution in [1.82, 2.24) is 10.2 Å². The van der Waals surface area contributed by atoms with E-state index in [4.69, 9.17) is 4.74 Å². The molecule has 4 rings (SSSR count). The van der Waals surface area contributed by atoms with Crippen molar-refractivity contribution in [1.29, 1.82) is 0 Å². The van der Waals surface area contributed by atoms with Crippen LogP contribution in [0.25, 0.3) is 0 Å². The molecule has 1 aromatic carbocycles. The van der Waals surface area contributed by atoms with Crippen molar-refractivity contribution in [3.8, 4) is 0 Å². The molecule has 0 aromatic heterocycles. The second-order valence-electron chi connectivity index (χ2n) is 5.88. The Labute approximate surface area is 115 Å². The molecule has 3 aliphatic heterocycles. The topological polar surface area (TPSA) is 24.5 Å². The molecule has 104 valence electrons. The number of nitrogens with zero attached hydrogens (tertiary/aromatic N) is 1. The van der Waals surface area contributed by atoms with Crippen LogP contribution in [-0.4, -0.2) is 37.7 Å². The Morgan fingerprint density at radius 3 is 2.74 bits per heavy atom. The van der Waals surface area contributed by atoms with Crippen LogP contribution >= 0.6 is 0 Å². The first-order valence-corrected chi connectivity index (χ1v) is 7.37. The zero-order chi connectivity index (χ0) is 13.1. The lowest BCUT2D eigenvalue weighted by atomic mass is 9.84. The monoisotopic (exact) mass is 260 g/mol. The highest BCUT2D eigenvalue weighted by atomic mass is 16.5. The minimum Gasteiger partial charge on any atom is -0.380 e. The van der Waals surface area contributed by atoms with E-state index in [1.165, 1.54) is 43.6 Å². The Kier molecular flexibility index (Phi) is 4.16. The molecule has 3 nitrogen and oxygen atoms in total. The van der Waals surface area contributed by atoms with Gasteiger partial charge in [-0.25, -0.2) is 0 Å². The summed E-state index contributed by atoms with van der Waals surface area (Å²) >= 11 is 0. The lowest BCUT2D eigenvalue weighted by Crippen LogP contribution is -2.55. The standard InChI is InChI=1S/C16H24N2O/c1-19-12-14-4-2-3-13(9-14)10-17-16-11-18-7-5-15(16)6-8-18/h2-4,9,15-17H,5-8,10-12H2,1H3. The molecule has 3 heterocycles. The summed E-state index contributed by atoms with van der Waals surface area (Å²) in [6.45, 7) is 5.54. The largest absolute Gasteiger partial charge is 0.380 e. The quantitative estimate of drug-likeness (QED) is 0.876. The molecule has 19 heavy (non-hydrogen) atoms. The van der Waals surface area contributed by atoms with Crippen molar-refractivity contribution in [2.24, 2.45) is 5.92 Å². The molecule has 3 aliphatic rings. The van der Waals surface area contributed by atoms with Crippen molar-refractivity contribution in [2.75, 3.05) is 26.7 Å². The third-order valence-electron chi connectivity index (χ3n) is 4.53. The van der Waals surface area contributed by atoms with Crippen molar-refractivity contribution in [3.63, 3.8) is 0 Å². The van der Waals surface area contributed by atoms with Crippen LogP contribution in [0.5, 0.6) is 0 Å². The summed E-state index contributed by atoms with van der Waals surface area (Å²) in [5.41, 5.74) is 2.63. The number of piperidine rings is 3. The highest BCUT2D eigenvalue weighted by molar-refractivity contribution is 5.23. The van der Waals surface area contributed by atoms with Gasteiger partial charge < -0.3 is 15.0 Å². The maximum atomic E-state index is 5.19. The highest BCUT2D eigenvalue weighted by Crippen LogP contribution is 2.27. The molecular formula is C16H24N2O. The zero-order valence-electron chi connectivity index (χ0n) is 11.8. The number of nitrogens with one attached hydrogen (secondary N) is 1. The van der Waals surface area contributed by atoms with Gasteiger partial charge in [0.2, 0.25) is 0 Å². The molecule has 3 fully saturated rings. The summed E-state index contributed by atoms with van der Waals surface area (Å²) in [5, 5.41) is 3.76. The van der Waals surface area contributed by atoms with Crippen molar-refractivity contribution >= 4 is 0 Å². The number of fused-ring (bicyclic) bond motifs is 3. The van der Waals surface area contributed by atoms with Gasteiger partial charge in [0.1, 0.15) is 0 Å². The van der Waals surface area contributed by atoms with E-state index in [2.05, 4.69) is 34.5 Å². The number of ether oxygens (including phenoxy) is 1. The molecule has 1 aromatic rings. The number of hydrogen-bond donors (Lipinski definition) is 1. The third kappa shape index (κ3) is 3.16. The average Bonchev–Trinajstić information content (AvgIpc) is 2.47. The minimum absolute atomic E-state index is 0.689. The van der Waals surface area contributed by atoms with E-state index in [-0.39, 0.29) is 0 Å². The summed E-state index contributed by atoms with van der Waals surface area (Å²) in [5.74, 6) is 0.896. The Hall–Kier alpha value is -0.900. The average molecular weight is 260 g/mol. The minimum atomic E-state index is 0.689. The molecule has 0 aliphatic carbocycles. The summed E-state index contributed by atoms with van der Waals surface area (Å²) in [7, 11) is 1.75. The van der Waals surface area contributed by atoms with Gasteiger partial charge in [0.05, 0.1) is 6.61 Å². The molecule has 0 amide bonds. The SMILES string of the molecule is COCc1cccc(CNC2CN3CCC2CC3)c1. The van der Waals surface area contributed by atoms with Gasteiger partial charge in [-0.1, -0.05) is 24.3 Å². The first-order valence-electron chi connectivity index (χ1n) is 7.37. The smallest absolute Gasteiger partial charge is 0.0713 e. The predicted octanol–water partition coefficient (Wildman–Crippen LogP) is 2.02. The van der Waals surface area contributed by atoms with E-state index in [9.17, 15) is 0 Å². The Bertz CT molecular complexity index is 413. The normalized spacial score (nSPS) is 29.6. The van der Waals surface area contributed by atoms with Gasteiger partial charge in [0, 0.05) is 26.2 Å². The molecule has 0 spiro atoms. The van der Waals surface area contributed by atoms with Crippen LogP contribution in [0.2, 0.25) is 0 Å². The van der Waals surface area contributed by atoms with Crippen LogP contribution in [0, 0.1) is 5.92 Å². The molecule has 1 N–H and O–H groups in total. The highest BCUT2D eigenvalue weighted by Gasteiger charge is 2.33. The van der Waals surface area contributed by atoms with E-state index >= 15 is 0 Å². The van der Waals surface area contributed by atoms with Crippen molar-refractivity contribution in [2.45, 2.75) is 32.0 Å². The second-order valence-corrected chi connectivity index (χ2v) is 5.88. The van der Waals surface area contributed by atoms with E-state index < -0.39 is 0 Å². The first kappa shape index (κ1) is 13.1. The van der Waals surface area contributed by atoms with Gasteiger partial charge in [0.15, 0.2) is 0 Å². The fraction of sp³-hybridized carbons (Fsp3) is 0.625. The Morgan fingerprint density at radius 1 is 1.26 bits per heavy atom. The number of methoxy groups -OCH3 is 1. The maximum absolute atomic E-state index is 5.19. The van der Waals surface area contributed by atoms with Crippen LogP contribution < -0.4 is 5.32 Å². The zero-order valence-corrected chi connectivity index (χ0v) is 11.8. The van der Waals surface area contributed by atoms with Gasteiger partial charge in [-0.15, -0.1) is 0 Å². The van der Waals surface area contributed by atoms with Gasteiger partial charge in [-0.2, -0.15) is 0 Å². The van der Waals surface area contributed by atoms with E-state index in [0.717, 1.165) is 12.5 Å². The number of rotatable bonds is 5. The number of benzene rings is 1. The Morgan fingerprint density at radius 2 is 2.05 bits per heavy atom. The second kappa shape index (κ2) is 6.04. The van der Waals surface area contributed by atoms with Crippen molar-refractivity contribution in [3.05, 3.63) is 35.4 Å². The van der Waals surface area contributed by atoms with Crippen LogP contribution in [0.15, 0.2) is 24.3 Å². The first-order chi connectivity index (χ1) is 9.35. The fourth-order valence-electron chi connectivity index (χ4n) is 3.44. The van der Waals surface area contributed by atoms with Gasteiger partial charge in [-0.3, -0.25) is 0 Å². The van der Waals surface area contributed by atoms with Gasteiger partial charge in [-0.05, 0) is 43.0 Å². The lowest BCUT2D eigenvalue weighted by molar-refractivity contribution is 0.0720. The molecule has 0 saturated carbocycles. The van der Waals surface area contributed by atoms with Gasteiger partial charge >= 0.3 is 0 Å². The molecule has 3 saturated heterocycles. The lowest BCUT2D eigenvalue weighted by Gasteiger charge is -2.45. The summed E-state index contributed by atoms with van der Waals surface area (Å²) in [6.07, 6.45) is 2.75. The third-order valence-corrected chi connectivity index (χ3v) is 4.53.